The highest BCUT2D eigenvalue weighted by Gasteiger charge is 2.21. The van der Waals surface area contributed by atoms with Crippen molar-refractivity contribution in [3.63, 3.8) is 0 Å². The molecule has 29 heavy (non-hydrogen) atoms. The molecule has 2 aromatic carbocycles. The summed E-state index contributed by atoms with van der Waals surface area (Å²) in [7, 11) is 0. The van der Waals surface area contributed by atoms with Gasteiger partial charge in [0.15, 0.2) is 5.69 Å². The molecule has 0 aliphatic heterocycles. The number of ether oxygens (including phenoxy) is 1. The van der Waals surface area contributed by atoms with Crippen LogP contribution < -0.4 is 15.8 Å². The molecule has 1 heterocycles. The first-order valence-corrected chi connectivity index (χ1v) is 9.01. The smallest absolute Gasteiger partial charge is 0.278 e. The second-order valence-electron chi connectivity index (χ2n) is 6.17. The lowest BCUT2D eigenvalue weighted by Crippen LogP contribution is -2.16. The van der Waals surface area contributed by atoms with Gasteiger partial charge in [-0.15, -0.1) is 6.42 Å². The summed E-state index contributed by atoms with van der Waals surface area (Å²) in [6.45, 7) is 2.15. The van der Waals surface area contributed by atoms with E-state index < -0.39 is 11.7 Å². The summed E-state index contributed by atoms with van der Waals surface area (Å²) in [6, 6.07) is 11.9. The van der Waals surface area contributed by atoms with E-state index in [0.29, 0.717) is 12.4 Å². The highest BCUT2D eigenvalue weighted by molar-refractivity contribution is 6.32. The maximum atomic E-state index is 14.2. The number of aryl methyl sites for hydroxylation is 1. The van der Waals surface area contributed by atoms with Crippen molar-refractivity contribution in [3.8, 4) is 18.1 Å². The molecule has 1 aromatic heterocycles. The largest absolute Gasteiger partial charge is 0.479 e. The van der Waals surface area contributed by atoms with E-state index in [1.165, 1.54) is 6.07 Å². The van der Waals surface area contributed by atoms with E-state index in [1.807, 2.05) is 30.3 Å². The third-order valence-electron chi connectivity index (χ3n) is 4.18. The molecular formula is C21H18ClFN4O2. The quantitative estimate of drug-likeness (QED) is 0.602. The van der Waals surface area contributed by atoms with Crippen LogP contribution >= 0.6 is 11.6 Å². The number of terminal acetylenes is 1. The van der Waals surface area contributed by atoms with Gasteiger partial charge >= 0.3 is 0 Å². The number of aromatic nitrogens is 2. The third-order valence-corrected chi connectivity index (χ3v) is 4.47. The lowest BCUT2D eigenvalue weighted by Gasteiger charge is -2.11. The Labute approximate surface area is 172 Å². The van der Waals surface area contributed by atoms with Crippen LogP contribution in [0, 0.1) is 25.1 Å². The van der Waals surface area contributed by atoms with E-state index in [9.17, 15) is 9.18 Å². The van der Waals surface area contributed by atoms with Crippen LogP contribution in [0.2, 0.25) is 5.02 Å². The molecule has 0 unspecified atom stereocenters. The molecule has 3 N–H and O–H groups in total. The number of amides is 1. The standard InChI is InChI=1S/C21H18ClFN4O2/c1-3-9-29-18-11-17(16(23)10-15(18)22)26-21(28)19-20(24)27(13(2)25-19)12-14-7-5-4-6-8-14/h1,4-8,10-11H,9,12,24H2,2H3,(H,26,28). The Morgan fingerprint density at radius 1 is 1.38 bits per heavy atom. The van der Waals surface area contributed by atoms with Crippen LogP contribution in [0.3, 0.4) is 0 Å². The summed E-state index contributed by atoms with van der Waals surface area (Å²) in [4.78, 5) is 16.9. The fraction of sp³-hybridized carbons (Fsp3) is 0.143. The molecule has 3 rings (SSSR count). The monoisotopic (exact) mass is 412 g/mol. The fourth-order valence-corrected chi connectivity index (χ4v) is 2.96. The summed E-state index contributed by atoms with van der Waals surface area (Å²) >= 11 is 5.94. The van der Waals surface area contributed by atoms with Crippen molar-refractivity contribution in [2.24, 2.45) is 0 Å². The molecule has 0 fully saturated rings. The minimum absolute atomic E-state index is 0.00104. The van der Waals surface area contributed by atoms with E-state index in [1.54, 1.807) is 11.5 Å². The second-order valence-corrected chi connectivity index (χ2v) is 6.58. The van der Waals surface area contributed by atoms with Gasteiger partial charge in [-0.1, -0.05) is 47.9 Å². The predicted molar refractivity (Wildman–Crippen MR) is 111 cm³/mol. The molecule has 1 amide bonds. The molecule has 0 saturated heterocycles. The number of nitrogens with zero attached hydrogens (tertiary/aromatic N) is 2. The number of carbonyl (C=O) groups is 1. The van der Waals surface area contributed by atoms with Gasteiger partial charge < -0.3 is 20.4 Å². The number of hydrogen-bond acceptors (Lipinski definition) is 4. The van der Waals surface area contributed by atoms with E-state index in [-0.39, 0.29) is 34.6 Å². The first-order valence-electron chi connectivity index (χ1n) is 8.64. The first kappa shape index (κ1) is 20.2. The van der Waals surface area contributed by atoms with Crippen LogP contribution in [0.4, 0.5) is 15.9 Å². The number of benzene rings is 2. The number of hydrogen-bond donors (Lipinski definition) is 2. The molecule has 3 aromatic rings. The van der Waals surface area contributed by atoms with Gasteiger partial charge in [0, 0.05) is 6.07 Å². The summed E-state index contributed by atoms with van der Waals surface area (Å²) < 4.78 is 21.2. The normalized spacial score (nSPS) is 10.4. The summed E-state index contributed by atoms with van der Waals surface area (Å²) in [5, 5.41) is 2.50. The Balaban J connectivity index is 1.85. The van der Waals surface area contributed by atoms with Crippen LogP contribution in [0.5, 0.6) is 5.75 Å². The number of nitrogen functional groups attached to an aromatic ring is 1. The lowest BCUT2D eigenvalue weighted by atomic mass is 10.2. The minimum atomic E-state index is -0.726. The topological polar surface area (TPSA) is 82.2 Å². The zero-order chi connectivity index (χ0) is 21.0. The van der Waals surface area contributed by atoms with Crippen molar-refractivity contribution in [1.82, 2.24) is 9.55 Å². The van der Waals surface area contributed by atoms with Gasteiger partial charge in [-0.25, -0.2) is 9.37 Å². The number of carbonyl (C=O) groups excluding carboxylic acids is 1. The molecule has 0 aliphatic rings. The Bertz CT molecular complexity index is 1090. The molecule has 8 heteroatoms. The van der Waals surface area contributed by atoms with Gasteiger partial charge in [0.25, 0.3) is 5.91 Å². The third kappa shape index (κ3) is 4.50. The molecule has 0 atom stereocenters. The van der Waals surface area contributed by atoms with Crippen molar-refractivity contribution < 1.29 is 13.9 Å². The predicted octanol–water partition coefficient (Wildman–Crippen LogP) is 3.88. The van der Waals surface area contributed by atoms with Gasteiger partial charge in [0.1, 0.15) is 29.8 Å². The summed E-state index contributed by atoms with van der Waals surface area (Å²) in [5.41, 5.74) is 7.02. The van der Waals surface area contributed by atoms with Crippen molar-refractivity contribution in [2.45, 2.75) is 13.5 Å². The Morgan fingerprint density at radius 3 is 2.79 bits per heavy atom. The van der Waals surface area contributed by atoms with Gasteiger partial charge in [0.05, 0.1) is 17.3 Å². The molecule has 0 bridgehead atoms. The second kappa shape index (κ2) is 8.67. The summed E-state index contributed by atoms with van der Waals surface area (Å²) in [6.07, 6.45) is 5.15. The van der Waals surface area contributed by atoms with Crippen molar-refractivity contribution >= 4 is 29.0 Å². The number of nitrogens with one attached hydrogen (secondary N) is 1. The highest BCUT2D eigenvalue weighted by atomic mass is 35.5. The van der Waals surface area contributed by atoms with Crippen LogP contribution in [-0.2, 0) is 6.54 Å². The number of halogens is 2. The van der Waals surface area contributed by atoms with E-state index in [2.05, 4.69) is 16.2 Å². The van der Waals surface area contributed by atoms with Crippen LogP contribution in [0.1, 0.15) is 21.9 Å². The van der Waals surface area contributed by atoms with E-state index in [4.69, 9.17) is 28.5 Å². The molecule has 148 valence electrons. The molecule has 0 spiro atoms. The lowest BCUT2D eigenvalue weighted by molar-refractivity contribution is 0.102. The molecule has 0 aliphatic carbocycles. The Morgan fingerprint density at radius 2 is 2.10 bits per heavy atom. The Kier molecular flexibility index (Phi) is 6.05. The van der Waals surface area contributed by atoms with Crippen molar-refractivity contribution in [3.05, 3.63) is 70.4 Å². The maximum absolute atomic E-state index is 14.2. The van der Waals surface area contributed by atoms with Crippen LogP contribution in [-0.4, -0.2) is 22.1 Å². The van der Waals surface area contributed by atoms with Gasteiger partial charge in [0.2, 0.25) is 0 Å². The number of anilines is 2. The van der Waals surface area contributed by atoms with Gasteiger partial charge in [-0.2, -0.15) is 0 Å². The zero-order valence-electron chi connectivity index (χ0n) is 15.6. The number of imidazole rings is 1. The van der Waals surface area contributed by atoms with Gasteiger partial charge in [-0.3, -0.25) is 4.79 Å². The average molecular weight is 413 g/mol. The van der Waals surface area contributed by atoms with Crippen LogP contribution in [0.25, 0.3) is 0 Å². The maximum Gasteiger partial charge on any atom is 0.278 e. The Hall–Kier alpha value is -3.50. The summed E-state index contributed by atoms with van der Waals surface area (Å²) in [5.74, 6) is 1.81. The number of rotatable bonds is 6. The molecule has 6 nitrogen and oxygen atoms in total. The highest BCUT2D eigenvalue weighted by Crippen LogP contribution is 2.31. The molecular weight excluding hydrogens is 395 g/mol. The van der Waals surface area contributed by atoms with E-state index in [0.717, 1.165) is 11.6 Å². The van der Waals surface area contributed by atoms with Crippen molar-refractivity contribution in [1.29, 1.82) is 0 Å². The molecule has 0 radical (unpaired) electrons. The SMILES string of the molecule is C#CCOc1cc(NC(=O)c2nc(C)n(Cc3ccccc3)c2N)c(F)cc1Cl. The average Bonchev–Trinajstić information content (AvgIpc) is 2.98. The van der Waals surface area contributed by atoms with E-state index >= 15 is 0 Å². The molecule has 0 saturated carbocycles. The number of nitrogens with two attached hydrogens (primary N) is 1. The fourth-order valence-electron chi connectivity index (χ4n) is 2.75. The van der Waals surface area contributed by atoms with Gasteiger partial charge in [-0.05, 0) is 18.6 Å². The minimum Gasteiger partial charge on any atom is -0.479 e. The van der Waals surface area contributed by atoms with Crippen LogP contribution in [0.15, 0.2) is 42.5 Å². The zero-order valence-corrected chi connectivity index (χ0v) is 16.3. The first-order chi connectivity index (χ1) is 13.9. The van der Waals surface area contributed by atoms with Crippen molar-refractivity contribution in [2.75, 3.05) is 17.7 Å².